The van der Waals surface area contributed by atoms with Gasteiger partial charge in [0.05, 0.1) is 11.9 Å². The van der Waals surface area contributed by atoms with Gasteiger partial charge in [-0.2, -0.15) is 21.6 Å². The Morgan fingerprint density at radius 2 is 1.40 bits per heavy atom. The second-order valence-electron chi connectivity index (χ2n) is 12.7. The Balaban J connectivity index is 1.20. The number of halogens is 3. The molecule has 52 heavy (non-hydrogen) atoms. The maximum atomic E-state index is 12.7. The molecule has 1 atom stereocenters. The summed E-state index contributed by atoms with van der Waals surface area (Å²) in [4.78, 5) is 2.22. The molecule has 4 aromatic rings. The van der Waals surface area contributed by atoms with Gasteiger partial charge in [-0.1, -0.05) is 72.8 Å². The standard InChI is InChI=1S/C37H41F3N2O8S2/c1-51(44,45)41-35-22-34(20-21-36(35)49-25-28-10-6-3-7-11-28)48-26-32(43)24-42(23-27-8-4-2-5-9-27)31-16-12-29(13-17-31)30-14-18-33(19-15-30)50-52(46,47)37(38,39)40/h2-11,14-15,18-22,29,31-32,41,43H,12-13,16-17,23-26H2,1H3/t29-,31-,32-/m0/s1. The van der Waals surface area contributed by atoms with Crippen LogP contribution in [0.25, 0.3) is 0 Å². The van der Waals surface area contributed by atoms with Gasteiger partial charge in [0.25, 0.3) is 0 Å². The SMILES string of the molecule is CS(=O)(=O)Nc1cc(OC[C@@H](O)CN(Cc2ccccc2)[C@H]2CC[C@H](c3ccc(OS(=O)(=O)C(F)(F)F)cc3)CC2)ccc1OCc1ccccc1. The van der Waals surface area contributed by atoms with Crippen molar-refractivity contribution in [2.75, 3.05) is 24.1 Å². The summed E-state index contributed by atoms with van der Waals surface area (Å²) in [6.07, 6.45) is 3.29. The summed E-state index contributed by atoms with van der Waals surface area (Å²) in [5.74, 6) is 0.381. The van der Waals surface area contributed by atoms with E-state index in [9.17, 15) is 35.1 Å². The Morgan fingerprint density at radius 3 is 2.00 bits per heavy atom. The van der Waals surface area contributed by atoms with Crippen LogP contribution >= 0.6 is 0 Å². The van der Waals surface area contributed by atoms with Crippen LogP contribution in [0.15, 0.2) is 103 Å². The Hall–Kier alpha value is -4.31. The van der Waals surface area contributed by atoms with Gasteiger partial charge in [0.15, 0.2) is 0 Å². The van der Waals surface area contributed by atoms with Crippen LogP contribution in [0.2, 0.25) is 0 Å². The van der Waals surface area contributed by atoms with Gasteiger partial charge in [0, 0.05) is 25.2 Å². The minimum Gasteiger partial charge on any atom is -0.491 e. The van der Waals surface area contributed by atoms with E-state index in [1.54, 1.807) is 24.3 Å². The predicted molar refractivity (Wildman–Crippen MR) is 191 cm³/mol. The molecule has 280 valence electrons. The zero-order valence-electron chi connectivity index (χ0n) is 28.4. The van der Waals surface area contributed by atoms with Gasteiger partial charge in [0.2, 0.25) is 10.0 Å². The highest BCUT2D eigenvalue weighted by atomic mass is 32.2. The van der Waals surface area contributed by atoms with Gasteiger partial charge in [-0.25, -0.2) is 8.42 Å². The van der Waals surface area contributed by atoms with E-state index in [1.165, 1.54) is 18.2 Å². The lowest BCUT2D eigenvalue weighted by Crippen LogP contribution is -2.43. The van der Waals surface area contributed by atoms with Crippen LogP contribution in [0.5, 0.6) is 17.2 Å². The number of alkyl halides is 3. The maximum Gasteiger partial charge on any atom is 0.534 e. The monoisotopic (exact) mass is 762 g/mol. The molecule has 5 rings (SSSR count). The first kappa shape index (κ1) is 38.9. The molecule has 2 N–H and O–H groups in total. The van der Waals surface area contributed by atoms with Crippen molar-refractivity contribution < 1.29 is 48.8 Å². The van der Waals surface area contributed by atoms with E-state index < -0.39 is 37.5 Å². The van der Waals surface area contributed by atoms with Crippen LogP contribution in [0.3, 0.4) is 0 Å². The molecule has 0 aliphatic heterocycles. The van der Waals surface area contributed by atoms with Gasteiger partial charge in [-0.15, -0.1) is 0 Å². The summed E-state index contributed by atoms with van der Waals surface area (Å²) in [5.41, 5.74) is -2.44. The van der Waals surface area contributed by atoms with Crippen molar-refractivity contribution in [2.45, 2.75) is 62.4 Å². The van der Waals surface area contributed by atoms with E-state index in [0.29, 0.717) is 24.6 Å². The van der Waals surface area contributed by atoms with Crippen LogP contribution in [-0.2, 0) is 33.3 Å². The average Bonchev–Trinajstić information content (AvgIpc) is 3.10. The van der Waals surface area contributed by atoms with Crippen molar-refractivity contribution in [1.29, 1.82) is 0 Å². The molecule has 0 spiro atoms. The Morgan fingerprint density at radius 1 is 0.808 bits per heavy atom. The van der Waals surface area contributed by atoms with Crippen LogP contribution in [0, 0.1) is 0 Å². The summed E-state index contributed by atoms with van der Waals surface area (Å²) in [5, 5.41) is 11.2. The molecular weight excluding hydrogens is 722 g/mol. The van der Waals surface area contributed by atoms with Crippen LogP contribution < -0.4 is 18.4 Å². The fraction of sp³-hybridized carbons (Fsp3) is 0.351. The number of aliphatic hydroxyl groups excluding tert-OH is 1. The molecule has 0 amide bonds. The number of hydrogen-bond donors (Lipinski definition) is 2. The molecule has 1 aliphatic rings. The zero-order valence-corrected chi connectivity index (χ0v) is 30.0. The molecule has 0 aromatic heterocycles. The van der Waals surface area contributed by atoms with Gasteiger partial charge >= 0.3 is 15.6 Å². The number of aliphatic hydroxyl groups is 1. The summed E-state index contributed by atoms with van der Waals surface area (Å²) in [6.45, 7) is 1.07. The molecule has 4 aromatic carbocycles. The summed E-state index contributed by atoms with van der Waals surface area (Å²) in [7, 11) is -9.38. The van der Waals surface area contributed by atoms with Gasteiger partial charge in [0.1, 0.15) is 36.6 Å². The minimum absolute atomic E-state index is 0.0539. The number of nitrogens with zero attached hydrogens (tertiary/aromatic N) is 1. The topological polar surface area (TPSA) is 131 Å². The second-order valence-corrected chi connectivity index (χ2v) is 16.0. The lowest BCUT2D eigenvalue weighted by molar-refractivity contribution is -0.0500. The summed E-state index contributed by atoms with van der Waals surface area (Å²) in [6, 6.07) is 29.9. The lowest BCUT2D eigenvalue weighted by Gasteiger charge is -2.38. The highest BCUT2D eigenvalue weighted by Crippen LogP contribution is 2.37. The predicted octanol–water partition coefficient (Wildman–Crippen LogP) is 6.83. The number of rotatable bonds is 16. The van der Waals surface area contributed by atoms with Crippen LogP contribution in [-0.4, -0.2) is 63.9 Å². The smallest absolute Gasteiger partial charge is 0.491 e. The Labute approximate surface area is 302 Å². The fourth-order valence-corrected chi connectivity index (χ4v) is 7.18. The van der Waals surface area contributed by atoms with E-state index in [1.807, 2.05) is 60.7 Å². The number of hydrogen-bond acceptors (Lipinski definition) is 9. The number of ether oxygens (including phenoxy) is 2. The van der Waals surface area contributed by atoms with Gasteiger partial charge < -0.3 is 18.8 Å². The Kier molecular flexibility index (Phi) is 12.7. The quantitative estimate of drug-likeness (QED) is 0.0932. The fourth-order valence-electron chi connectivity index (χ4n) is 6.16. The molecule has 0 unspecified atom stereocenters. The number of nitrogens with one attached hydrogen (secondary N) is 1. The molecule has 0 radical (unpaired) electrons. The van der Waals surface area contributed by atoms with Crippen LogP contribution in [0.1, 0.15) is 48.3 Å². The third kappa shape index (κ3) is 11.3. The van der Waals surface area contributed by atoms with Gasteiger partial charge in [-0.3, -0.25) is 9.62 Å². The summed E-state index contributed by atoms with van der Waals surface area (Å²) >= 11 is 0. The highest BCUT2D eigenvalue weighted by molar-refractivity contribution is 7.92. The minimum atomic E-state index is -5.75. The highest BCUT2D eigenvalue weighted by Gasteiger charge is 2.48. The van der Waals surface area contributed by atoms with Gasteiger partial charge in [-0.05, 0) is 72.6 Å². The van der Waals surface area contributed by atoms with Crippen molar-refractivity contribution in [3.63, 3.8) is 0 Å². The molecule has 1 aliphatic carbocycles. The van der Waals surface area contributed by atoms with Crippen LogP contribution in [0.4, 0.5) is 18.9 Å². The lowest BCUT2D eigenvalue weighted by atomic mass is 9.81. The molecule has 0 bridgehead atoms. The largest absolute Gasteiger partial charge is 0.534 e. The van der Waals surface area contributed by atoms with Crippen molar-refractivity contribution in [3.8, 4) is 17.2 Å². The Bertz CT molecular complexity index is 1960. The van der Waals surface area contributed by atoms with E-state index in [0.717, 1.165) is 48.6 Å². The number of sulfonamides is 1. The third-order valence-corrected chi connectivity index (χ3v) is 10.2. The number of benzene rings is 4. The van der Waals surface area contributed by atoms with Crippen molar-refractivity contribution in [2.24, 2.45) is 0 Å². The second kappa shape index (κ2) is 17.0. The maximum absolute atomic E-state index is 12.7. The summed E-state index contributed by atoms with van der Waals surface area (Å²) < 4.78 is 104. The van der Waals surface area contributed by atoms with Crippen molar-refractivity contribution in [3.05, 3.63) is 120 Å². The van der Waals surface area contributed by atoms with E-state index >= 15 is 0 Å². The normalized spacial score (nSPS) is 17.3. The van der Waals surface area contributed by atoms with E-state index in [-0.39, 0.29) is 30.9 Å². The molecule has 10 nitrogen and oxygen atoms in total. The first-order chi connectivity index (χ1) is 24.6. The first-order valence-electron chi connectivity index (χ1n) is 16.6. The zero-order chi connectivity index (χ0) is 37.4. The first-order valence-corrected chi connectivity index (χ1v) is 19.9. The molecule has 1 fully saturated rings. The molecule has 0 saturated heterocycles. The molecule has 15 heteroatoms. The average molecular weight is 763 g/mol. The van der Waals surface area contributed by atoms with E-state index in [4.69, 9.17) is 9.47 Å². The van der Waals surface area contributed by atoms with E-state index in [2.05, 4.69) is 13.8 Å². The molecular formula is C37H41F3N2O8S2. The molecule has 0 heterocycles. The third-order valence-electron chi connectivity index (χ3n) is 8.65. The molecule has 1 saturated carbocycles. The van der Waals surface area contributed by atoms with Crippen molar-refractivity contribution in [1.82, 2.24) is 4.90 Å². The van der Waals surface area contributed by atoms with Crippen molar-refractivity contribution >= 4 is 25.8 Å². The number of anilines is 1.